The molecule has 9 heteroatoms. The van der Waals surface area contributed by atoms with Crippen molar-refractivity contribution in [3.8, 4) is 6.07 Å². The Morgan fingerprint density at radius 1 is 1.00 bits per heavy atom. The van der Waals surface area contributed by atoms with Crippen molar-refractivity contribution in [3.63, 3.8) is 0 Å². The lowest BCUT2D eigenvalue weighted by atomic mass is 9.89. The molecule has 6 nitrogen and oxygen atoms in total. The third-order valence-electron chi connectivity index (χ3n) is 5.91. The van der Waals surface area contributed by atoms with Crippen LogP contribution < -0.4 is 15.5 Å². The van der Waals surface area contributed by atoms with Gasteiger partial charge in [0.2, 0.25) is 5.91 Å². The number of hydrogen-bond donors (Lipinski definition) is 1. The number of nitrogens with zero attached hydrogens (tertiary/aromatic N) is 3. The number of carbonyl (C=O) groups excluding carboxylic acids is 2. The summed E-state index contributed by atoms with van der Waals surface area (Å²) in [6, 6.07) is 10.3. The molecule has 1 aliphatic carbocycles. The summed E-state index contributed by atoms with van der Waals surface area (Å²) in [5.41, 5.74) is 4.71. The van der Waals surface area contributed by atoms with Crippen molar-refractivity contribution in [1.29, 1.82) is 5.26 Å². The summed E-state index contributed by atoms with van der Waals surface area (Å²) in [5, 5.41) is 9.06. The van der Waals surface area contributed by atoms with Crippen LogP contribution in [0.1, 0.15) is 47.2 Å². The Kier molecular flexibility index (Phi) is 5.09. The molecular weight excluding hydrogens is 409 g/mol. The molecule has 0 aromatic heterocycles. The van der Waals surface area contributed by atoms with Crippen LogP contribution in [0.15, 0.2) is 42.5 Å². The van der Waals surface area contributed by atoms with Gasteiger partial charge in [0.15, 0.2) is 0 Å². The fourth-order valence-electron chi connectivity index (χ4n) is 4.50. The monoisotopic (exact) mass is 428 g/mol. The molecule has 1 saturated heterocycles. The Balaban J connectivity index is 1.76. The van der Waals surface area contributed by atoms with Crippen LogP contribution in [0, 0.1) is 11.3 Å². The maximum Gasteiger partial charge on any atom is 0.417 e. The lowest BCUT2D eigenvalue weighted by molar-refractivity contribution is -0.137. The third kappa shape index (κ3) is 3.58. The SMILES string of the molecule is N#Cc1ccc(N2C(=O)N(c3ccc(C(N)=O)cc3)[C@H]3CCCC[C@@H]32)cc1C(F)(F)F. The molecule has 1 aliphatic heterocycles. The largest absolute Gasteiger partial charge is 0.417 e. The van der Waals surface area contributed by atoms with Crippen molar-refractivity contribution in [2.45, 2.75) is 43.9 Å². The van der Waals surface area contributed by atoms with E-state index in [1.54, 1.807) is 23.1 Å². The number of fused-ring (bicyclic) bond motifs is 1. The van der Waals surface area contributed by atoms with Crippen LogP contribution in [0.3, 0.4) is 0 Å². The molecule has 4 rings (SSSR count). The van der Waals surface area contributed by atoms with Gasteiger partial charge in [-0.3, -0.25) is 14.6 Å². The number of primary amides is 1. The van der Waals surface area contributed by atoms with Crippen LogP contribution in [0.2, 0.25) is 0 Å². The lowest BCUT2D eigenvalue weighted by Gasteiger charge is -2.32. The second kappa shape index (κ2) is 7.61. The van der Waals surface area contributed by atoms with Crippen molar-refractivity contribution in [2.24, 2.45) is 5.73 Å². The first kappa shape index (κ1) is 20.7. The van der Waals surface area contributed by atoms with E-state index in [0.717, 1.165) is 25.0 Å². The van der Waals surface area contributed by atoms with Crippen molar-refractivity contribution in [1.82, 2.24) is 0 Å². The number of nitrogens with two attached hydrogens (primary N) is 1. The van der Waals surface area contributed by atoms with E-state index in [-0.39, 0.29) is 17.8 Å². The quantitative estimate of drug-likeness (QED) is 0.784. The van der Waals surface area contributed by atoms with Crippen molar-refractivity contribution in [3.05, 3.63) is 59.2 Å². The van der Waals surface area contributed by atoms with Crippen LogP contribution >= 0.6 is 0 Å². The predicted molar refractivity (Wildman–Crippen MR) is 108 cm³/mol. The standard InChI is InChI=1S/C22H19F3N4O2/c23-22(24,25)17-11-16(10-7-14(17)12-26)29-19-4-2-1-3-18(19)28(21(29)31)15-8-5-13(6-9-15)20(27)30/h5-11,18-19H,1-4H2,(H2,27,30)/t18-,19-/m0/s1. The van der Waals surface area contributed by atoms with E-state index >= 15 is 0 Å². The van der Waals surface area contributed by atoms with Crippen LogP contribution in [0.25, 0.3) is 0 Å². The minimum absolute atomic E-state index is 0.115. The van der Waals surface area contributed by atoms with E-state index in [4.69, 9.17) is 11.0 Å². The highest BCUT2D eigenvalue weighted by Crippen LogP contribution is 2.42. The Labute approximate surface area is 176 Å². The molecule has 31 heavy (non-hydrogen) atoms. The molecule has 1 saturated carbocycles. The molecule has 0 radical (unpaired) electrons. The lowest BCUT2D eigenvalue weighted by Crippen LogP contribution is -2.40. The normalized spacial score (nSPS) is 21.0. The summed E-state index contributed by atoms with van der Waals surface area (Å²) in [5.74, 6) is -0.589. The highest BCUT2D eigenvalue weighted by molar-refractivity contribution is 6.08. The summed E-state index contributed by atoms with van der Waals surface area (Å²) >= 11 is 0. The molecule has 0 unspecified atom stereocenters. The maximum atomic E-state index is 13.5. The minimum Gasteiger partial charge on any atom is -0.366 e. The fourth-order valence-corrected chi connectivity index (χ4v) is 4.50. The van der Waals surface area contributed by atoms with Crippen molar-refractivity contribution >= 4 is 23.3 Å². The van der Waals surface area contributed by atoms with Gasteiger partial charge in [-0.2, -0.15) is 18.4 Å². The summed E-state index contributed by atoms with van der Waals surface area (Å²) in [6.07, 6.45) is -1.57. The predicted octanol–water partition coefficient (Wildman–Crippen LogP) is 4.43. The first-order valence-electron chi connectivity index (χ1n) is 9.86. The number of halogens is 3. The first-order valence-corrected chi connectivity index (χ1v) is 9.86. The van der Waals surface area contributed by atoms with Crippen molar-refractivity contribution in [2.75, 3.05) is 9.80 Å². The number of rotatable bonds is 3. The molecule has 2 N–H and O–H groups in total. The van der Waals surface area contributed by atoms with Gasteiger partial charge >= 0.3 is 12.2 Å². The average Bonchev–Trinajstić information content (AvgIpc) is 3.04. The number of alkyl halides is 3. The van der Waals surface area contributed by atoms with Gasteiger partial charge in [-0.1, -0.05) is 12.8 Å². The molecule has 0 spiro atoms. The molecule has 2 aliphatic rings. The Morgan fingerprint density at radius 2 is 1.55 bits per heavy atom. The Morgan fingerprint density at radius 3 is 2.06 bits per heavy atom. The number of amides is 3. The summed E-state index contributed by atoms with van der Waals surface area (Å²) in [4.78, 5) is 27.8. The Hall–Kier alpha value is -3.54. The van der Waals surface area contributed by atoms with Gasteiger partial charge in [0.25, 0.3) is 0 Å². The van der Waals surface area contributed by atoms with Gasteiger partial charge in [0, 0.05) is 16.9 Å². The van der Waals surface area contributed by atoms with Crippen LogP contribution in [-0.4, -0.2) is 24.0 Å². The van der Waals surface area contributed by atoms with Gasteiger partial charge in [0.1, 0.15) is 0 Å². The van der Waals surface area contributed by atoms with E-state index in [0.29, 0.717) is 24.1 Å². The molecule has 2 aromatic rings. The number of anilines is 2. The maximum absolute atomic E-state index is 13.5. The zero-order chi connectivity index (χ0) is 22.3. The number of hydrogen-bond acceptors (Lipinski definition) is 3. The number of nitriles is 1. The second-order valence-electron chi connectivity index (χ2n) is 7.69. The van der Waals surface area contributed by atoms with Gasteiger partial charge in [0.05, 0.1) is 29.3 Å². The molecule has 3 amide bonds. The highest BCUT2D eigenvalue weighted by atomic mass is 19.4. The van der Waals surface area contributed by atoms with Gasteiger partial charge in [-0.05, 0) is 55.3 Å². The van der Waals surface area contributed by atoms with Gasteiger partial charge in [-0.15, -0.1) is 0 Å². The highest BCUT2D eigenvalue weighted by Gasteiger charge is 2.48. The summed E-state index contributed by atoms with van der Waals surface area (Å²) < 4.78 is 40.4. The Bertz CT molecular complexity index is 1080. The van der Waals surface area contributed by atoms with E-state index in [1.165, 1.54) is 23.1 Å². The van der Waals surface area contributed by atoms with E-state index < -0.39 is 29.2 Å². The molecule has 2 aromatic carbocycles. The van der Waals surface area contributed by atoms with E-state index in [9.17, 15) is 22.8 Å². The summed E-state index contributed by atoms with van der Waals surface area (Å²) in [7, 11) is 0. The summed E-state index contributed by atoms with van der Waals surface area (Å²) in [6.45, 7) is 0. The van der Waals surface area contributed by atoms with E-state index in [1.807, 2.05) is 0 Å². The molecule has 1 heterocycles. The topological polar surface area (TPSA) is 90.4 Å². The van der Waals surface area contributed by atoms with Gasteiger partial charge in [-0.25, -0.2) is 4.79 Å². The zero-order valence-corrected chi connectivity index (χ0v) is 16.4. The van der Waals surface area contributed by atoms with Crippen molar-refractivity contribution < 1.29 is 22.8 Å². The van der Waals surface area contributed by atoms with Crippen LogP contribution in [-0.2, 0) is 6.18 Å². The van der Waals surface area contributed by atoms with E-state index in [2.05, 4.69) is 0 Å². The zero-order valence-electron chi connectivity index (χ0n) is 16.4. The fraction of sp³-hybridized carbons (Fsp3) is 0.318. The van der Waals surface area contributed by atoms with Crippen LogP contribution in [0.4, 0.5) is 29.3 Å². The minimum atomic E-state index is -4.71. The molecule has 0 bridgehead atoms. The number of carbonyl (C=O) groups is 2. The second-order valence-corrected chi connectivity index (χ2v) is 7.69. The average molecular weight is 428 g/mol. The first-order chi connectivity index (χ1) is 14.7. The number of benzene rings is 2. The molecule has 160 valence electrons. The molecule has 2 fully saturated rings. The third-order valence-corrected chi connectivity index (χ3v) is 5.91. The van der Waals surface area contributed by atoms with Gasteiger partial charge < -0.3 is 5.73 Å². The number of urea groups is 1. The molecular formula is C22H19F3N4O2. The molecule has 2 atom stereocenters. The van der Waals surface area contributed by atoms with Crippen LogP contribution in [0.5, 0.6) is 0 Å². The smallest absolute Gasteiger partial charge is 0.366 e.